The molecular weight excluding hydrogens is 316 g/mol. The lowest BCUT2D eigenvalue weighted by molar-refractivity contribution is 1.11. The second-order valence-corrected chi connectivity index (χ2v) is 6.34. The molecule has 0 bridgehead atoms. The summed E-state index contributed by atoms with van der Waals surface area (Å²) in [5.41, 5.74) is 3.03. The Kier molecular flexibility index (Phi) is 3.59. The Balaban J connectivity index is 2.15. The summed E-state index contributed by atoms with van der Waals surface area (Å²) in [6.45, 7) is 3.70. The Bertz CT molecular complexity index is 1140. The van der Waals surface area contributed by atoms with Crippen LogP contribution in [0.3, 0.4) is 0 Å². The van der Waals surface area contributed by atoms with E-state index in [1.807, 2.05) is 54.6 Å². The number of hydrogen-bond donors (Lipinski definition) is 0. The molecule has 4 aromatic rings. The molecule has 3 nitrogen and oxygen atoms in total. The highest BCUT2D eigenvalue weighted by molar-refractivity contribution is 7.23. The van der Waals surface area contributed by atoms with E-state index in [4.69, 9.17) is 4.98 Å². The molecule has 2 aromatic heterocycles. The second-order valence-electron chi connectivity index (χ2n) is 5.33. The standard InChI is InChI=1S/C20H14N2OS/c1-2-3-11-15-18(14-9-5-4-6-10-14)21-20-22(19(15)23)16-12-7-8-13-17(16)24-20/h2-13H,1H2/b11-3+. The first-order valence-corrected chi connectivity index (χ1v) is 8.40. The van der Waals surface area contributed by atoms with Crippen LogP contribution in [-0.2, 0) is 0 Å². The highest BCUT2D eigenvalue weighted by Crippen LogP contribution is 2.27. The molecular formula is C20H14N2OS. The average Bonchev–Trinajstić information content (AvgIpc) is 3.00. The molecule has 0 amide bonds. The highest BCUT2D eigenvalue weighted by atomic mass is 32.1. The van der Waals surface area contributed by atoms with Gasteiger partial charge in [-0.05, 0) is 18.2 Å². The molecule has 0 N–H and O–H groups in total. The molecule has 24 heavy (non-hydrogen) atoms. The summed E-state index contributed by atoms with van der Waals surface area (Å²) in [6.07, 6.45) is 5.21. The number of aromatic nitrogens is 2. The molecule has 0 radical (unpaired) electrons. The van der Waals surface area contributed by atoms with Crippen LogP contribution in [0, 0.1) is 0 Å². The van der Waals surface area contributed by atoms with Crippen molar-refractivity contribution >= 4 is 32.6 Å². The molecule has 0 unspecified atom stereocenters. The first-order valence-electron chi connectivity index (χ1n) is 7.58. The smallest absolute Gasteiger partial charge is 0.266 e. The van der Waals surface area contributed by atoms with Crippen LogP contribution in [0.1, 0.15) is 5.56 Å². The van der Waals surface area contributed by atoms with Gasteiger partial charge in [0.15, 0.2) is 4.96 Å². The van der Waals surface area contributed by atoms with Crippen LogP contribution >= 0.6 is 11.3 Å². The minimum atomic E-state index is -0.0607. The van der Waals surface area contributed by atoms with Crippen molar-refractivity contribution in [1.29, 1.82) is 0 Å². The predicted molar refractivity (Wildman–Crippen MR) is 102 cm³/mol. The predicted octanol–water partition coefficient (Wildman–Crippen LogP) is 4.78. The van der Waals surface area contributed by atoms with E-state index in [2.05, 4.69) is 6.58 Å². The van der Waals surface area contributed by atoms with E-state index in [1.165, 1.54) is 11.3 Å². The van der Waals surface area contributed by atoms with E-state index < -0.39 is 0 Å². The Morgan fingerprint density at radius 1 is 1.04 bits per heavy atom. The van der Waals surface area contributed by atoms with Crippen molar-refractivity contribution in [3.8, 4) is 11.3 Å². The molecule has 0 fully saturated rings. The van der Waals surface area contributed by atoms with Crippen molar-refractivity contribution in [2.75, 3.05) is 0 Å². The van der Waals surface area contributed by atoms with Gasteiger partial charge in [-0.25, -0.2) is 4.98 Å². The van der Waals surface area contributed by atoms with Gasteiger partial charge in [0.2, 0.25) is 0 Å². The summed E-state index contributed by atoms with van der Waals surface area (Å²) in [6, 6.07) is 17.7. The summed E-state index contributed by atoms with van der Waals surface area (Å²) in [4.78, 5) is 18.6. The van der Waals surface area contributed by atoms with Crippen molar-refractivity contribution < 1.29 is 0 Å². The second kappa shape index (κ2) is 5.91. The summed E-state index contributed by atoms with van der Waals surface area (Å²) in [5, 5.41) is 0. The third-order valence-corrected chi connectivity index (χ3v) is 4.86. The van der Waals surface area contributed by atoms with E-state index in [-0.39, 0.29) is 5.56 Å². The Morgan fingerprint density at radius 3 is 2.58 bits per heavy atom. The van der Waals surface area contributed by atoms with E-state index in [0.29, 0.717) is 16.2 Å². The van der Waals surface area contributed by atoms with Gasteiger partial charge in [-0.2, -0.15) is 0 Å². The summed E-state index contributed by atoms with van der Waals surface area (Å²) in [5.74, 6) is 0. The molecule has 4 rings (SSSR count). The fraction of sp³-hybridized carbons (Fsp3) is 0. The van der Waals surface area contributed by atoms with Gasteiger partial charge in [-0.15, -0.1) is 0 Å². The molecule has 0 spiro atoms. The van der Waals surface area contributed by atoms with Crippen molar-refractivity contribution in [1.82, 2.24) is 9.38 Å². The van der Waals surface area contributed by atoms with E-state index in [9.17, 15) is 4.79 Å². The third-order valence-electron chi connectivity index (χ3n) is 3.84. The highest BCUT2D eigenvalue weighted by Gasteiger charge is 2.15. The van der Waals surface area contributed by atoms with Crippen LogP contribution in [0.15, 0.2) is 78.1 Å². The van der Waals surface area contributed by atoms with Crippen molar-refractivity contribution in [3.63, 3.8) is 0 Å². The molecule has 0 aliphatic heterocycles. The number of benzene rings is 2. The Labute approximate surface area is 142 Å². The number of rotatable bonds is 3. The average molecular weight is 330 g/mol. The van der Waals surface area contributed by atoms with Gasteiger partial charge in [0, 0.05) is 5.56 Å². The maximum Gasteiger partial charge on any atom is 0.266 e. The number of hydrogen-bond acceptors (Lipinski definition) is 3. The molecule has 0 saturated carbocycles. The number of thiazole rings is 1. The van der Waals surface area contributed by atoms with Gasteiger partial charge >= 0.3 is 0 Å². The van der Waals surface area contributed by atoms with Crippen LogP contribution in [-0.4, -0.2) is 9.38 Å². The van der Waals surface area contributed by atoms with Crippen LogP contribution in [0.5, 0.6) is 0 Å². The van der Waals surface area contributed by atoms with Gasteiger partial charge < -0.3 is 0 Å². The molecule has 0 aliphatic carbocycles. The lowest BCUT2D eigenvalue weighted by atomic mass is 10.1. The summed E-state index contributed by atoms with van der Waals surface area (Å²) in [7, 11) is 0. The van der Waals surface area contributed by atoms with Gasteiger partial charge in [0.1, 0.15) is 0 Å². The van der Waals surface area contributed by atoms with Crippen LogP contribution in [0.2, 0.25) is 0 Å². The van der Waals surface area contributed by atoms with E-state index >= 15 is 0 Å². The number of nitrogens with zero attached hydrogens (tertiary/aromatic N) is 2. The molecule has 2 heterocycles. The zero-order valence-electron chi connectivity index (χ0n) is 12.8. The first-order chi connectivity index (χ1) is 11.8. The number of para-hydroxylation sites is 1. The molecule has 2 aromatic carbocycles. The summed E-state index contributed by atoms with van der Waals surface area (Å²) < 4.78 is 2.74. The van der Waals surface area contributed by atoms with Gasteiger partial charge in [0.25, 0.3) is 5.56 Å². The monoisotopic (exact) mass is 330 g/mol. The number of fused-ring (bicyclic) bond motifs is 3. The van der Waals surface area contributed by atoms with Crippen LogP contribution in [0.25, 0.3) is 32.5 Å². The lowest BCUT2D eigenvalue weighted by Crippen LogP contribution is -2.17. The topological polar surface area (TPSA) is 34.4 Å². The zero-order chi connectivity index (χ0) is 16.5. The Morgan fingerprint density at radius 2 is 1.79 bits per heavy atom. The maximum absolute atomic E-state index is 13.1. The molecule has 0 aliphatic rings. The SMILES string of the molecule is C=C/C=C/c1c(-c2ccccc2)nc2sc3ccccc3n2c1=O. The lowest BCUT2D eigenvalue weighted by Gasteiger charge is -2.06. The van der Waals surface area contributed by atoms with Gasteiger partial charge in [0.05, 0.1) is 21.5 Å². The largest absolute Gasteiger partial charge is 0.268 e. The van der Waals surface area contributed by atoms with E-state index in [0.717, 1.165) is 15.8 Å². The quantitative estimate of drug-likeness (QED) is 0.507. The third kappa shape index (κ3) is 2.28. The minimum absolute atomic E-state index is 0.0607. The van der Waals surface area contributed by atoms with Crippen LogP contribution < -0.4 is 5.56 Å². The fourth-order valence-electron chi connectivity index (χ4n) is 2.75. The molecule has 0 saturated heterocycles. The normalized spacial score (nSPS) is 11.5. The van der Waals surface area contributed by atoms with Crippen molar-refractivity contribution in [2.45, 2.75) is 0 Å². The summed E-state index contributed by atoms with van der Waals surface area (Å²) >= 11 is 1.52. The zero-order valence-corrected chi connectivity index (χ0v) is 13.7. The molecule has 0 atom stereocenters. The maximum atomic E-state index is 13.1. The fourth-order valence-corrected chi connectivity index (χ4v) is 3.77. The van der Waals surface area contributed by atoms with Crippen molar-refractivity contribution in [3.05, 3.63) is 89.2 Å². The van der Waals surface area contributed by atoms with E-state index in [1.54, 1.807) is 22.6 Å². The Hall–Kier alpha value is -2.98. The van der Waals surface area contributed by atoms with Crippen molar-refractivity contribution in [2.24, 2.45) is 0 Å². The van der Waals surface area contributed by atoms with Gasteiger partial charge in [-0.1, -0.05) is 72.5 Å². The molecule has 116 valence electrons. The van der Waals surface area contributed by atoms with Crippen LogP contribution in [0.4, 0.5) is 0 Å². The molecule has 4 heteroatoms. The minimum Gasteiger partial charge on any atom is -0.268 e. The van der Waals surface area contributed by atoms with Gasteiger partial charge in [-0.3, -0.25) is 9.20 Å². The first kappa shape index (κ1) is 14.6. The number of allylic oxidation sites excluding steroid dienone is 2.